The van der Waals surface area contributed by atoms with E-state index in [1.807, 2.05) is 0 Å². The number of hydrogen-bond donors (Lipinski definition) is 1. The van der Waals surface area contributed by atoms with E-state index in [1.54, 1.807) is 17.0 Å². The molecule has 0 saturated carbocycles. The number of nitrogens with two attached hydrogens (primary N) is 1. The number of carbonyl (C=O) groups excluding carboxylic acids is 1. The minimum absolute atomic E-state index is 0.223. The summed E-state index contributed by atoms with van der Waals surface area (Å²) in [4.78, 5) is 15.5. The lowest BCUT2D eigenvalue weighted by atomic mass is 10.1. The Bertz CT molecular complexity index is 784. The molecule has 1 saturated heterocycles. The second-order valence-corrected chi connectivity index (χ2v) is 6.08. The average molecular weight is 349 g/mol. The van der Waals surface area contributed by atoms with Crippen LogP contribution in [0.15, 0.2) is 42.5 Å². The van der Waals surface area contributed by atoms with Gasteiger partial charge in [0, 0.05) is 37.4 Å². The van der Waals surface area contributed by atoms with Crippen LogP contribution in [0.5, 0.6) is 0 Å². The zero-order valence-corrected chi connectivity index (χ0v) is 13.5. The highest BCUT2D eigenvalue weighted by Gasteiger charge is 2.31. The van der Waals surface area contributed by atoms with E-state index in [9.17, 15) is 18.0 Å². The number of amides is 2. The molecule has 0 bridgehead atoms. The Morgan fingerprint density at radius 2 is 1.84 bits per heavy atom. The lowest BCUT2D eigenvalue weighted by Gasteiger charge is -2.39. The van der Waals surface area contributed by atoms with Gasteiger partial charge in [0.25, 0.3) is 0 Å². The largest absolute Gasteiger partial charge is 0.325 e. The predicted octanol–water partition coefficient (Wildman–Crippen LogP) is 2.92. The summed E-state index contributed by atoms with van der Waals surface area (Å²) in [5, 5.41) is 0. The van der Waals surface area contributed by atoms with Crippen molar-refractivity contribution >= 4 is 11.7 Å². The topological polar surface area (TPSA) is 49.6 Å². The van der Waals surface area contributed by atoms with E-state index < -0.39 is 11.6 Å². The Hall–Kier alpha value is -2.54. The molecule has 2 aromatic rings. The highest BCUT2D eigenvalue weighted by Crippen LogP contribution is 2.22. The number of halogens is 3. The summed E-state index contributed by atoms with van der Waals surface area (Å²) >= 11 is 0. The van der Waals surface area contributed by atoms with Crippen LogP contribution < -0.4 is 10.6 Å². The minimum Gasteiger partial charge on any atom is -0.325 e. The highest BCUT2D eigenvalue weighted by molar-refractivity contribution is 5.93. The quantitative estimate of drug-likeness (QED) is 0.923. The maximum absolute atomic E-state index is 13.5. The van der Waals surface area contributed by atoms with Gasteiger partial charge in [0.15, 0.2) is 11.6 Å². The van der Waals surface area contributed by atoms with Crippen molar-refractivity contribution in [1.29, 1.82) is 0 Å². The normalized spacial score (nSPS) is 17.9. The molecule has 0 radical (unpaired) electrons. The van der Waals surface area contributed by atoms with Gasteiger partial charge in [-0.15, -0.1) is 0 Å². The summed E-state index contributed by atoms with van der Waals surface area (Å²) in [6, 6.07) is 8.83. The zero-order valence-electron chi connectivity index (χ0n) is 13.5. The van der Waals surface area contributed by atoms with Crippen LogP contribution >= 0.6 is 0 Å². The van der Waals surface area contributed by atoms with Gasteiger partial charge in [-0.25, -0.2) is 18.0 Å². The number of hydrogen-bond acceptors (Lipinski definition) is 2. The molecule has 3 rings (SSSR count). The van der Waals surface area contributed by atoms with Crippen molar-refractivity contribution < 1.29 is 18.0 Å². The van der Waals surface area contributed by atoms with Crippen LogP contribution in [0, 0.1) is 17.5 Å². The van der Waals surface area contributed by atoms with Crippen LogP contribution in [0.4, 0.5) is 23.7 Å². The molecular formula is C18H18F3N3O. The minimum atomic E-state index is -1.02. The monoisotopic (exact) mass is 349 g/mol. The molecule has 2 N–H and O–H groups in total. The van der Waals surface area contributed by atoms with Crippen molar-refractivity contribution in [2.45, 2.75) is 12.5 Å². The fourth-order valence-electron chi connectivity index (χ4n) is 2.91. The Kier molecular flexibility index (Phi) is 4.94. The zero-order chi connectivity index (χ0) is 18.0. The molecule has 1 aliphatic heterocycles. The van der Waals surface area contributed by atoms with Crippen LogP contribution in [-0.2, 0) is 6.42 Å². The summed E-state index contributed by atoms with van der Waals surface area (Å²) in [5.41, 5.74) is 7.04. The van der Waals surface area contributed by atoms with E-state index in [1.165, 1.54) is 23.1 Å². The molecule has 1 unspecified atom stereocenters. The molecule has 1 fully saturated rings. The first kappa shape index (κ1) is 17.3. The molecule has 2 amide bonds. The third-order valence-corrected chi connectivity index (χ3v) is 4.15. The maximum atomic E-state index is 13.5. The molecule has 1 heterocycles. The fourth-order valence-corrected chi connectivity index (χ4v) is 2.91. The second kappa shape index (κ2) is 7.14. The number of nitrogens with zero attached hydrogens (tertiary/aromatic N) is 2. The number of carbonyl (C=O) groups is 1. The van der Waals surface area contributed by atoms with Crippen molar-refractivity contribution in [1.82, 2.24) is 4.90 Å². The molecular weight excluding hydrogens is 331 g/mol. The number of urea groups is 1. The molecule has 25 heavy (non-hydrogen) atoms. The average Bonchev–Trinajstić information content (AvgIpc) is 2.58. The van der Waals surface area contributed by atoms with E-state index in [-0.39, 0.29) is 30.1 Å². The summed E-state index contributed by atoms with van der Waals surface area (Å²) in [5.74, 6) is -2.32. The standard InChI is InChI=1S/C18H18F3N3O/c19-13-3-1-2-12(8-13)6-7-23-10-14(22)11-24(18(23)25)15-4-5-16(20)17(21)9-15/h1-5,8-9,14H,6-7,10-11,22H2. The SMILES string of the molecule is NC1CN(CCc2cccc(F)c2)C(=O)N(c2ccc(F)c(F)c2)C1. The van der Waals surface area contributed by atoms with Crippen molar-refractivity contribution in [3.05, 3.63) is 65.5 Å². The molecule has 0 spiro atoms. The third-order valence-electron chi connectivity index (χ3n) is 4.15. The molecule has 0 aliphatic carbocycles. The van der Waals surface area contributed by atoms with Gasteiger partial charge in [0.05, 0.1) is 0 Å². The molecule has 1 aliphatic rings. The first-order chi connectivity index (χ1) is 11.9. The number of benzene rings is 2. The highest BCUT2D eigenvalue weighted by atomic mass is 19.2. The Balaban J connectivity index is 1.74. The summed E-state index contributed by atoms with van der Waals surface area (Å²) in [7, 11) is 0. The van der Waals surface area contributed by atoms with Gasteiger partial charge < -0.3 is 10.6 Å². The molecule has 0 aromatic heterocycles. The van der Waals surface area contributed by atoms with Gasteiger partial charge in [-0.2, -0.15) is 0 Å². The Labute approximate surface area is 143 Å². The molecule has 132 valence electrons. The van der Waals surface area contributed by atoms with Crippen LogP contribution in [0.25, 0.3) is 0 Å². The van der Waals surface area contributed by atoms with Gasteiger partial charge >= 0.3 is 6.03 Å². The molecule has 1 atom stereocenters. The van der Waals surface area contributed by atoms with Crippen LogP contribution in [0.1, 0.15) is 5.56 Å². The van der Waals surface area contributed by atoms with Crippen LogP contribution in [0.3, 0.4) is 0 Å². The lowest BCUT2D eigenvalue weighted by molar-refractivity contribution is 0.190. The Morgan fingerprint density at radius 3 is 2.56 bits per heavy atom. The molecule has 4 nitrogen and oxygen atoms in total. The Morgan fingerprint density at radius 1 is 1.04 bits per heavy atom. The lowest BCUT2D eigenvalue weighted by Crippen LogP contribution is -2.59. The van der Waals surface area contributed by atoms with E-state index >= 15 is 0 Å². The van der Waals surface area contributed by atoms with Gasteiger partial charge in [0.2, 0.25) is 0 Å². The first-order valence-corrected chi connectivity index (χ1v) is 7.95. The smallest absolute Gasteiger partial charge is 0.324 e. The summed E-state index contributed by atoms with van der Waals surface area (Å²) in [6.07, 6.45) is 0.474. The van der Waals surface area contributed by atoms with Crippen LogP contribution in [0.2, 0.25) is 0 Å². The number of rotatable bonds is 4. The van der Waals surface area contributed by atoms with Gasteiger partial charge in [-0.05, 0) is 36.2 Å². The number of anilines is 1. The van der Waals surface area contributed by atoms with Gasteiger partial charge in [-0.3, -0.25) is 4.90 Å². The maximum Gasteiger partial charge on any atom is 0.324 e. The van der Waals surface area contributed by atoms with Crippen molar-refractivity contribution in [3.8, 4) is 0 Å². The summed E-state index contributed by atoms with van der Waals surface area (Å²) < 4.78 is 39.8. The van der Waals surface area contributed by atoms with Gasteiger partial charge in [-0.1, -0.05) is 12.1 Å². The third kappa shape index (κ3) is 3.93. The summed E-state index contributed by atoms with van der Waals surface area (Å²) in [6.45, 7) is 0.935. The van der Waals surface area contributed by atoms with Crippen molar-refractivity contribution in [2.75, 3.05) is 24.5 Å². The van der Waals surface area contributed by atoms with Gasteiger partial charge in [0.1, 0.15) is 5.82 Å². The van der Waals surface area contributed by atoms with Crippen molar-refractivity contribution in [3.63, 3.8) is 0 Å². The first-order valence-electron chi connectivity index (χ1n) is 7.95. The molecule has 2 aromatic carbocycles. The van der Waals surface area contributed by atoms with E-state index in [4.69, 9.17) is 5.73 Å². The van der Waals surface area contributed by atoms with E-state index in [2.05, 4.69) is 0 Å². The van der Waals surface area contributed by atoms with E-state index in [0.29, 0.717) is 19.5 Å². The van der Waals surface area contributed by atoms with Crippen LogP contribution in [-0.4, -0.2) is 36.6 Å². The second-order valence-electron chi connectivity index (χ2n) is 6.08. The van der Waals surface area contributed by atoms with Crippen molar-refractivity contribution in [2.24, 2.45) is 5.73 Å². The molecule has 7 heteroatoms. The van der Waals surface area contributed by atoms with E-state index in [0.717, 1.165) is 17.7 Å². The fraction of sp³-hybridized carbons (Fsp3) is 0.278. The predicted molar refractivity (Wildman–Crippen MR) is 88.8 cm³/mol.